The van der Waals surface area contributed by atoms with Crippen LogP contribution in [0.1, 0.15) is 49.9 Å². The van der Waals surface area contributed by atoms with Gasteiger partial charge in [0.15, 0.2) is 11.5 Å². The van der Waals surface area contributed by atoms with Crippen LogP contribution in [0.3, 0.4) is 0 Å². The largest absolute Gasteiger partial charge is 0.507 e. The molecular formula is C29H36N2O6. The second-order valence-electron chi connectivity index (χ2n) is 9.44. The van der Waals surface area contributed by atoms with Crippen molar-refractivity contribution in [1.29, 1.82) is 0 Å². The number of amides is 1. The number of Topliss-reactive ketones (excluding diaryl/α,β-unsaturated/α-hetero) is 1. The summed E-state index contributed by atoms with van der Waals surface area (Å²) in [5, 5.41) is 11.4. The summed E-state index contributed by atoms with van der Waals surface area (Å²) in [5.41, 5.74) is 2.20. The minimum Gasteiger partial charge on any atom is -0.507 e. The number of ether oxygens (including phenoxy) is 3. The van der Waals surface area contributed by atoms with E-state index in [9.17, 15) is 14.7 Å². The third-order valence-corrected chi connectivity index (χ3v) is 7.20. The third-order valence-electron chi connectivity index (χ3n) is 7.20. The van der Waals surface area contributed by atoms with Gasteiger partial charge in [-0.1, -0.05) is 19.9 Å². The normalized spacial score (nSPS) is 20.3. The molecule has 37 heavy (non-hydrogen) atoms. The van der Waals surface area contributed by atoms with E-state index in [-0.39, 0.29) is 17.4 Å². The molecule has 2 aliphatic rings. The standard InChI is InChI=1S/C29H36N2O6/c1-6-30(7-2)13-8-14-31-26(19-9-12-23(35-4)24(17-19)36-5)25(28(33)29(31)34)27(32)20-10-11-22-21(16-20)15-18(3)37-22/h9-12,16-18,26,32H,6-8,13-15H2,1-5H3/b27-25+/t18-,26+/m0/s1. The first-order valence-electron chi connectivity index (χ1n) is 12.8. The number of aliphatic hydroxyl groups excluding tert-OH is 1. The van der Waals surface area contributed by atoms with Crippen LogP contribution in [0.4, 0.5) is 0 Å². The second kappa shape index (κ2) is 11.3. The number of hydrogen-bond donors (Lipinski definition) is 1. The smallest absolute Gasteiger partial charge is 0.295 e. The van der Waals surface area contributed by atoms with Crippen molar-refractivity contribution < 1.29 is 28.9 Å². The van der Waals surface area contributed by atoms with Crippen LogP contribution >= 0.6 is 0 Å². The van der Waals surface area contributed by atoms with Crippen molar-refractivity contribution in [1.82, 2.24) is 9.80 Å². The molecule has 0 radical (unpaired) electrons. The lowest BCUT2D eigenvalue weighted by Gasteiger charge is -2.27. The SMILES string of the molecule is CCN(CC)CCCN1C(=O)C(=O)/C(=C(/O)c2ccc3c(c2)C[C@H](C)O3)[C@H]1c1ccc(OC)c(OC)c1. The van der Waals surface area contributed by atoms with Crippen LogP contribution in [-0.4, -0.2) is 73.1 Å². The molecule has 8 nitrogen and oxygen atoms in total. The van der Waals surface area contributed by atoms with Crippen molar-refractivity contribution in [2.45, 2.75) is 45.8 Å². The maximum Gasteiger partial charge on any atom is 0.295 e. The molecule has 0 aromatic heterocycles. The van der Waals surface area contributed by atoms with Crippen molar-refractivity contribution in [3.8, 4) is 17.2 Å². The van der Waals surface area contributed by atoms with Gasteiger partial charge in [0.25, 0.3) is 11.7 Å². The van der Waals surface area contributed by atoms with Crippen LogP contribution in [0.15, 0.2) is 42.0 Å². The van der Waals surface area contributed by atoms with Crippen LogP contribution in [0, 0.1) is 0 Å². The van der Waals surface area contributed by atoms with Gasteiger partial charge in [-0.15, -0.1) is 0 Å². The summed E-state index contributed by atoms with van der Waals surface area (Å²) in [6, 6.07) is 9.94. The molecule has 0 unspecified atom stereocenters. The van der Waals surface area contributed by atoms with E-state index in [1.54, 1.807) is 42.3 Å². The predicted molar refractivity (Wildman–Crippen MR) is 141 cm³/mol. The minimum atomic E-state index is -0.750. The lowest BCUT2D eigenvalue weighted by atomic mass is 9.94. The fourth-order valence-electron chi connectivity index (χ4n) is 5.21. The van der Waals surface area contributed by atoms with Gasteiger partial charge < -0.3 is 29.1 Å². The molecule has 2 heterocycles. The minimum absolute atomic E-state index is 0.0514. The van der Waals surface area contributed by atoms with Crippen LogP contribution in [0.5, 0.6) is 17.2 Å². The van der Waals surface area contributed by atoms with E-state index in [4.69, 9.17) is 14.2 Å². The first-order valence-corrected chi connectivity index (χ1v) is 12.8. The Kier molecular flexibility index (Phi) is 8.07. The lowest BCUT2D eigenvalue weighted by Crippen LogP contribution is -2.33. The number of carbonyl (C=O) groups is 2. The van der Waals surface area contributed by atoms with E-state index in [1.807, 2.05) is 13.0 Å². The highest BCUT2D eigenvalue weighted by Gasteiger charge is 2.46. The molecule has 1 fully saturated rings. The number of benzene rings is 2. The Hall–Kier alpha value is -3.52. The number of likely N-dealkylation sites (tertiary alicyclic amines) is 1. The Morgan fingerprint density at radius 3 is 2.49 bits per heavy atom. The zero-order chi connectivity index (χ0) is 26.7. The van der Waals surface area contributed by atoms with Crippen molar-refractivity contribution >= 4 is 17.4 Å². The van der Waals surface area contributed by atoms with Crippen molar-refractivity contribution in [2.24, 2.45) is 0 Å². The number of aliphatic hydroxyl groups is 1. The Labute approximate surface area is 218 Å². The molecule has 198 valence electrons. The summed E-state index contributed by atoms with van der Waals surface area (Å²) >= 11 is 0. The predicted octanol–water partition coefficient (Wildman–Crippen LogP) is 4.18. The topological polar surface area (TPSA) is 88.5 Å². The van der Waals surface area contributed by atoms with E-state index >= 15 is 0 Å². The zero-order valence-corrected chi connectivity index (χ0v) is 22.2. The van der Waals surface area contributed by atoms with E-state index in [0.717, 1.165) is 37.4 Å². The molecule has 2 aliphatic heterocycles. The van der Waals surface area contributed by atoms with E-state index in [2.05, 4.69) is 18.7 Å². The first kappa shape index (κ1) is 26.5. The number of ketones is 1. The van der Waals surface area contributed by atoms with E-state index in [1.165, 1.54) is 7.11 Å². The van der Waals surface area contributed by atoms with Gasteiger partial charge in [-0.25, -0.2) is 0 Å². The zero-order valence-electron chi connectivity index (χ0n) is 22.2. The Bertz CT molecular complexity index is 1200. The van der Waals surface area contributed by atoms with Gasteiger partial charge in [0.1, 0.15) is 17.6 Å². The summed E-state index contributed by atoms with van der Waals surface area (Å²) in [6.07, 6.45) is 1.47. The molecule has 1 N–H and O–H groups in total. The highest BCUT2D eigenvalue weighted by atomic mass is 16.5. The summed E-state index contributed by atoms with van der Waals surface area (Å²) in [6.45, 7) is 9.19. The number of rotatable bonds is 10. The highest BCUT2D eigenvalue weighted by Crippen LogP contribution is 2.42. The van der Waals surface area contributed by atoms with Crippen LogP contribution < -0.4 is 14.2 Å². The fourth-order valence-corrected chi connectivity index (χ4v) is 5.21. The molecule has 1 saturated heterocycles. The second-order valence-corrected chi connectivity index (χ2v) is 9.44. The van der Waals surface area contributed by atoms with Crippen molar-refractivity contribution in [2.75, 3.05) is 40.4 Å². The van der Waals surface area contributed by atoms with E-state index < -0.39 is 17.7 Å². The molecule has 4 rings (SSSR count). The van der Waals surface area contributed by atoms with Crippen LogP contribution in [-0.2, 0) is 16.0 Å². The fraction of sp³-hybridized carbons (Fsp3) is 0.448. The molecular weight excluding hydrogens is 472 g/mol. The number of hydrogen-bond acceptors (Lipinski definition) is 7. The van der Waals surface area contributed by atoms with Gasteiger partial charge in [-0.3, -0.25) is 9.59 Å². The number of methoxy groups -OCH3 is 2. The summed E-state index contributed by atoms with van der Waals surface area (Å²) in [5.74, 6) is 0.309. The maximum absolute atomic E-state index is 13.4. The van der Waals surface area contributed by atoms with Gasteiger partial charge in [-0.05, 0) is 74.4 Å². The highest BCUT2D eigenvalue weighted by molar-refractivity contribution is 6.46. The Morgan fingerprint density at radius 2 is 1.81 bits per heavy atom. The van der Waals surface area contributed by atoms with Crippen molar-refractivity contribution in [3.05, 3.63) is 58.7 Å². The number of fused-ring (bicyclic) bond motifs is 1. The Balaban J connectivity index is 1.78. The molecule has 2 aromatic rings. The average molecular weight is 509 g/mol. The number of nitrogens with zero attached hydrogens (tertiary/aromatic N) is 2. The van der Waals surface area contributed by atoms with E-state index in [0.29, 0.717) is 35.6 Å². The molecule has 2 atom stereocenters. The molecule has 0 saturated carbocycles. The third kappa shape index (κ3) is 5.16. The van der Waals surface area contributed by atoms with Crippen LogP contribution in [0.2, 0.25) is 0 Å². The summed E-state index contributed by atoms with van der Waals surface area (Å²) in [7, 11) is 3.09. The molecule has 1 amide bonds. The molecule has 0 aliphatic carbocycles. The van der Waals surface area contributed by atoms with Gasteiger partial charge in [-0.2, -0.15) is 0 Å². The molecule has 8 heteroatoms. The maximum atomic E-state index is 13.4. The van der Waals surface area contributed by atoms with Crippen LogP contribution in [0.25, 0.3) is 5.76 Å². The summed E-state index contributed by atoms with van der Waals surface area (Å²) < 4.78 is 16.7. The monoisotopic (exact) mass is 508 g/mol. The lowest BCUT2D eigenvalue weighted by molar-refractivity contribution is -0.140. The van der Waals surface area contributed by atoms with Gasteiger partial charge in [0.2, 0.25) is 0 Å². The van der Waals surface area contributed by atoms with Gasteiger partial charge >= 0.3 is 0 Å². The Morgan fingerprint density at radius 1 is 1.08 bits per heavy atom. The molecule has 0 spiro atoms. The van der Waals surface area contributed by atoms with Gasteiger partial charge in [0, 0.05) is 18.5 Å². The van der Waals surface area contributed by atoms with Gasteiger partial charge in [0.05, 0.1) is 25.8 Å². The average Bonchev–Trinajstić information content (AvgIpc) is 3.41. The first-order chi connectivity index (χ1) is 17.8. The quantitative estimate of drug-likeness (QED) is 0.293. The molecule has 2 aromatic carbocycles. The molecule has 0 bridgehead atoms. The summed E-state index contributed by atoms with van der Waals surface area (Å²) in [4.78, 5) is 30.5. The number of carbonyl (C=O) groups excluding carboxylic acids is 2. The van der Waals surface area contributed by atoms with Crippen molar-refractivity contribution in [3.63, 3.8) is 0 Å².